The number of aliphatic hydroxyl groups excluding tert-OH is 1. The molecule has 1 atom stereocenters. The van der Waals surface area contributed by atoms with Gasteiger partial charge >= 0.3 is 0 Å². The van der Waals surface area contributed by atoms with Gasteiger partial charge in [0.25, 0.3) is 0 Å². The summed E-state index contributed by atoms with van der Waals surface area (Å²) in [5, 5.41) is 12.5. The first-order chi connectivity index (χ1) is 7.70. The highest BCUT2D eigenvalue weighted by atomic mass is 19.1. The number of nitrogens with zero attached hydrogens (tertiary/aromatic N) is 2. The quantitative estimate of drug-likeness (QED) is 0.806. The normalized spacial score (nSPS) is 12.7. The molecule has 0 bridgehead atoms. The monoisotopic (exact) mass is 223 g/mol. The minimum Gasteiger partial charge on any atom is -0.394 e. The number of halogens is 1. The predicted molar refractivity (Wildman–Crippen MR) is 53.7 cm³/mol. The Labute approximate surface area is 90.7 Å². The number of nitrogens with two attached hydrogens (primary N) is 1. The van der Waals surface area contributed by atoms with E-state index in [1.807, 2.05) is 0 Å². The van der Waals surface area contributed by atoms with Crippen LogP contribution in [0.1, 0.15) is 11.9 Å². The van der Waals surface area contributed by atoms with Gasteiger partial charge in [-0.25, -0.2) is 4.39 Å². The molecule has 0 aliphatic heterocycles. The Balaban J connectivity index is 2.31. The van der Waals surface area contributed by atoms with Crippen molar-refractivity contribution in [2.45, 2.75) is 6.04 Å². The molecule has 3 N–H and O–H groups in total. The van der Waals surface area contributed by atoms with Crippen LogP contribution in [0.2, 0.25) is 0 Å². The third-order valence-electron chi connectivity index (χ3n) is 2.04. The van der Waals surface area contributed by atoms with Crippen molar-refractivity contribution < 1.29 is 14.0 Å². The predicted octanol–water partition coefficient (Wildman–Crippen LogP) is 0.868. The molecule has 16 heavy (non-hydrogen) atoms. The van der Waals surface area contributed by atoms with Gasteiger partial charge in [0.15, 0.2) is 0 Å². The molecule has 0 radical (unpaired) electrons. The lowest BCUT2D eigenvalue weighted by atomic mass is 10.2. The van der Waals surface area contributed by atoms with Crippen LogP contribution in [0, 0.1) is 5.82 Å². The first-order valence-corrected chi connectivity index (χ1v) is 4.66. The molecule has 0 amide bonds. The fraction of sp³-hybridized carbons (Fsp3) is 0.200. The van der Waals surface area contributed by atoms with Crippen LogP contribution in [0.25, 0.3) is 11.4 Å². The zero-order chi connectivity index (χ0) is 11.5. The van der Waals surface area contributed by atoms with E-state index in [1.165, 1.54) is 12.1 Å². The van der Waals surface area contributed by atoms with Crippen molar-refractivity contribution in [3.05, 3.63) is 36.0 Å². The summed E-state index contributed by atoms with van der Waals surface area (Å²) < 4.78 is 17.8. The second-order valence-electron chi connectivity index (χ2n) is 3.26. The van der Waals surface area contributed by atoms with Crippen LogP contribution in [-0.4, -0.2) is 21.9 Å². The number of benzene rings is 1. The van der Waals surface area contributed by atoms with E-state index < -0.39 is 6.04 Å². The van der Waals surface area contributed by atoms with Crippen molar-refractivity contribution in [3.63, 3.8) is 0 Å². The van der Waals surface area contributed by atoms with Crippen LogP contribution in [-0.2, 0) is 0 Å². The van der Waals surface area contributed by atoms with Crippen molar-refractivity contribution >= 4 is 0 Å². The smallest absolute Gasteiger partial charge is 0.246 e. The highest BCUT2D eigenvalue weighted by molar-refractivity contribution is 5.53. The summed E-state index contributed by atoms with van der Waals surface area (Å²) in [4.78, 5) is 3.96. The fourth-order valence-corrected chi connectivity index (χ4v) is 1.21. The molecule has 0 unspecified atom stereocenters. The molecule has 0 saturated heterocycles. The van der Waals surface area contributed by atoms with Crippen molar-refractivity contribution in [2.75, 3.05) is 6.61 Å². The Morgan fingerprint density at radius 1 is 1.50 bits per heavy atom. The maximum Gasteiger partial charge on any atom is 0.246 e. The third kappa shape index (κ3) is 2.07. The average molecular weight is 223 g/mol. The summed E-state index contributed by atoms with van der Waals surface area (Å²) in [6.45, 7) is -0.287. The zero-order valence-corrected chi connectivity index (χ0v) is 8.30. The molecule has 0 saturated carbocycles. The molecule has 84 valence electrons. The Morgan fingerprint density at radius 2 is 2.31 bits per heavy atom. The van der Waals surface area contributed by atoms with Gasteiger partial charge in [0.05, 0.1) is 6.61 Å². The highest BCUT2D eigenvalue weighted by Gasteiger charge is 2.14. The lowest BCUT2D eigenvalue weighted by molar-refractivity contribution is 0.237. The molecule has 1 aromatic carbocycles. The fourth-order valence-electron chi connectivity index (χ4n) is 1.21. The van der Waals surface area contributed by atoms with Crippen molar-refractivity contribution in [1.82, 2.24) is 10.1 Å². The van der Waals surface area contributed by atoms with Crippen LogP contribution in [0.5, 0.6) is 0 Å². The summed E-state index contributed by atoms with van der Waals surface area (Å²) >= 11 is 0. The van der Waals surface area contributed by atoms with Gasteiger partial charge in [-0.2, -0.15) is 4.98 Å². The minimum atomic E-state index is -0.713. The first kappa shape index (κ1) is 10.7. The average Bonchev–Trinajstić information content (AvgIpc) is 2.77. The number of aromatic nitrogens is 2. The second kappa shape index (κ2) is 4.38. The van der Waals surface area contributed by atoms with Crippen LogP contribution in [0.4, 0.5) is 4.39 Å². The first-order valence-electron chi connectivity index (χ1n) is 4.66. The van der Waals surface area contributed by atoms with E-state index in [-0.39, 0.29) is 24.1 Å². The van der Waals surface area contributed by atoms with Gasteiger partial charge in [-0.05, 0) is 12.1 Å². The van der Waals surface area contributed by atoms with Gasteiger partial charge in [-0.1, -0.05) is 17.3 Å². The van der Waals surface area contributed by atoms with Gasteiger partial charge in [0.1, 0.15) is 11.9 Å². The largest absolute Gasteiger partial charge is 0.394 e. The number of hydrogen-bond acceptors (Lipinski definition) is 5. The van der Waals surface area contributed by atoms with Crippen molar-refractivity contribution in [1.29, 1.82) is 0 Å². The summed E-state index contributed by atoms with van der Waals surface area (Å²) in [6, 6.07) is 5.10. The van der Waals surface area contributed by atoms with Gasteiger partial charge in [0, 0.05) is 5.56 Å². The van der Waals surface area contributed by atoms with Gasteiger partial charge in [-0.3, -0.25) is 0 Å². The molecular formula is C10H10FN3O2. The summed E-state index contributed by atoms with van der Waals surface area (Å²) in [7, 11) is 0. The molecule has 5 nitrogen and oxygen atoms in total. The Bertz CT molecular complexity index is 486. The van der Waals surface area contributed by atoms with Crippen LogP contribution >= 0.6 is 0 Å². The Kier molecular flexibility index (Phi) is 2.93. The molecule has 0 aliphatic carbocycles. The lowest BCUT2D eigenvalue weighted by Gasteiger charge is -1.98. The van der Waals surface area contributed by atoms with Gasteiger partial charge in [-0.15, -0.1) is 0 Å². The van der Waals surface area contributed by atoms with Crippen molar-refractivity contribution in [2.24, 2.45) is 5.73 Å². The van der Waals surface area contributed by atoms with Crippen LogP contribution in [0.3, 0.4) is 0 Å². The molecule has 0 fully saturated rings. The SMILES string of the molecule is N[C@H](CO)c1nc(-c2cccc(F)c2)no1. The molecule has 0 spiro atoms. The maximum atomic E-state index is 12.9. The lowest BCUT2D eigenvalue weighted by Crippen LogP contribution is -2.14. The second-order valence-corrected chi connectivity index (χ2v) is 3.26. The molecule has 2 rings (SSSR count). The Morgan fingerprint density at radius 3 is 3.00 bits per heavy atom. The molecular weight excluding hydrogens is 213 g/mol. The minimum absolute atomic E-state index is 0.127. The van der Waals surface area contributed by atoms with E-state index in [4.69, 9.17) is 15.4 Å². The van der Waals surface area contributed by atoms with Crippen LogP contribution in [0.15, 0.2) is 28.8 Å². The van der Waals surface area contributed by atoms with Crippen molar-refractivity contribution in [3.8, 4) is 11.4 Å². The van der Waals surface area contributed by atoms with E-state index in [2.05, 4.69) is 10.1 Å². The summed E-state index contributed by atoms with van der Waals surface area (Å²) in [5.41, 5.74) is 6.00. The van der Waals surface area contributed by atoms with E-state index in [1.54, 1.807) is 12.1 Å². The summed E-state index contributed by atoms with van der Waals surface area (Å²) in [6.07, 6.45) is 0. The van der Waals surface area contributed by atoms with E-state index in [0.717, 1.165) is 0 Å². The number of hydrogen-bond donors (Lipinski definition) is 2. The molecule has 0 aliphatic rings. The zero-order valence-electron chi connectivity index (χ0n) is 8.30. The molecule has 1 aromatic heterocycles. The van der Waals surface area contributed by atoms with Gasteiger partial charge < -0.3 is 15.4 Å². The number of rotatable bonds is 3. The van der Waals surface area contributed by atoms with Gasteiger partial charge in [0.2, 0.25) is 11.7 Å². The number of aliphatic hydroxyl groups is 1. The Hall–Kier alpha value is -1.79. The molecule has 2 aromatic rings. The highest BCUT2D eigenvalue weighted by Crippen LogP contribution is 2.18. The van der Waals surface area contributed by atoms with E-state index in [9.17, 15) is 4.39 Å². The van der Waals surface area contributed by atoms with Crippen LogP contribution < -0.4 is 5.73 Å². The van der Waals surface area contributed by atoms with E-state index >= 15 is 0 Å². The standard InChI is InChI=1S/C10H10FN3O2/c11-7-3-1-2-6(4-7)9-13-10(16-14-9)8(12)5-15/h1-4,8,15H,5,12H2/t8-/m1/s1. The molecule has 1 heterocycles. The molecule has 6 heteroatoms. The maximum absolute atomic E-state index is 12.9. The summed E-state index contributed by atoms with van der Waals surface area (Å²) in [5.74, 6) is -0.00420. The van der Waals surface area contributed by atoms with E-state index in [0.29, 0.717) is 5.56 Å². The third-order valence-corrected chi connectivity index (χ3v) is 2.04. The topological polar surface area (TPSA) is 85.2 Å².